The van der Waals surface area contributed by atoms with Crippen LogP contribution in [-0.2, 0) is 19.1 Å². The Morgan fingerprint density at radius 2 is 1.31 bits per heavy atom. The van der Waals surface area contributed by atoms with Crippen molar-refractivity contribution in [3.8, 4) is 0 Å². The molecule has 0 spiro atoms. The van der Waals surface area contributed by atoms with Crippen LogP contribution in [0.5, 0.6) is 0 Å². The van der Waals surface area contributed by atoms with E-state index >= 15 is 0 Å². The minimum Gasteiger partial charge on any atom is -0.465 e. The molecule has 2 aromatic rings. The van der Waals surface area contributed by atoms with E-state index in [2.05, 4.69) is 0 Å². The maximum absolute atomic E-state index is 12.0. The molecule has 0 N–H and O–H groups in total. The molecule has 0 fully saturated rings. The standard InChI is InChI=1S/C20H24O6/c1-3-7-17(15-9-5-13-23-15)25-19(21)11-12-20(22)26-18(8-4-2)16-10-6-14-24-16/h5-6,9-14,17-18H,3-4,7-8H2,1-2H3/b12-11+. The molecule has 140 valence electrons. The molecular weight excluding hydrogens is 336 g/mol. The summed E-state index contributed by atoms with van der Waals surface area (Å²) < 4.78 is 21.3. The van der Waals surface area contributed by atoms with E-state index in [0.29, 0.717) is 24.4 Å². The predicted molar refractivity (Wildman–Crippen MR) is 94.0 cm³/mol. The Kier molecular flexibility index (Phi) is 7.74. The monoisotopic (exact) mass is 360 g/mol. The topological polar surface area (TPSA) is 78.9 Å². The first-order chi connectivity index (χ1) is 12.6. The van der Waals surface area contributed by atoms with Crippen LogP contribution in [0.4, 0.5) is 0 Å². The summed E-state index contributed by atoms with van der Waals surface area (Å²) in [5.74, 6) is -0.0855. The van der Waals surface area contributed by atoms with Gasteiger partial charge in [0.1, 0.15) is 11.5 Å². The Morgan fingerprint density at radius 1 is 0.885 bits per heavy atom. The zero-order valence-electron chi connectivity index (χ0n) is 15.1. The summed E-state index contributed by atoms with van der Waals surface area (Å²) in [6.45, 7) is 3.97. The van der Waals surface area contributed by atoms with Crippen molar-refractivity contribution in [2.24, 2.45) is 0 Å². The summed E-state index contributed by atoms with van der Waals surface area (Å²) in [6, 6.07) is 6.98. The second-order valence-electron chi connectivity index (χ2n) is 5.79. The van der Waals surface area contributed by atoms with Crippen LogP contribution in [0.1, 0.15) is 63.3 Å². The van der Waals surface area contributed by atoms with Crippen molar-refractivity contribution in [3.05, 3.63) is 60.5 Å². The Balaban J connectivity index is 1.90. The molecule has 6 heteroatoms. The first-order valence-corrected chi connectivity index (χ1v) is 8.80. The zero-order valence-corrected chi connectivity index (χ0v) is 15.1. The van der Waals surface area contributed by atoms with Gasteiger partial charge in [-0.1, -0.05) is 26.7 Å². The third-order valence-electron chi connectivity index (χ3n) is 3.70. The van der Waals surface area contributed by atoms with Crippen LogP contribution in [0.3, 0.4) is 0 Å². The zero-order chi connectivity index (χ0) is 18.8. The van der Waals surface area contributed by atoms with E-state index in [1.54, 1.807) is 24.3 Å². The SMILES string of the molecule is CCCC(OC(=O)/C=C/C(=O)OC(CCC)c1ccco1)c1ccco1. The smallest absolute Gasteiger partial charge is 0.331 e. The number of carbonyl (C=O) groups is 2. The lowest BCUT2D eigenvalue weighted by Crippen LogP contribution is -2.11. The molecule has 2 rings (SSSR count). The Morgan fingerprint density at radius 3 is 1.62 bits per heavy atom. The molecule has 0 aliphatic carbocycles. The Hall–Kier alpha value is -2.76. The van der Waals surface area contributed by atoms with E-state index in [9.17, 15) is 9.59 Å². The van der Waals surface area contributed by atoms with Gasteiger partial charge in [-0.3, -0.25) is 0 Å². The van der Waals surface area contributed by atoms with E-state index in [1.807, 2.05) is 13.8 Å². The number of furan rings is 2. The summed E-state index contributed by atoms with van der Waals surface area (Å²) >= 11 is 0. The van der Waals surface area contributed by atoms with Crippen LogP contribution >= 0.6 is 0 Å². The van der Waals surface area contributed by atoms with E-state index in [1.165, 1.54) is 12.5 Å². The number of ether oxygens (including phenoxy) is 2. The molecule has 2 aromatic heterocycles. The van der Waals surface area contributed by atoms with Gasteiger partial charge < -0.3 is 18.3 Å². The molecule has 0 bridgehead atoms. The van der Waals surface area contributed by atoms with Gasteiger partial charge in [0, 0.05) is 12.2 Å². The molecule has 26 heavy (non-hydrogen) atoms. The van der Waals surface area contributed by atoms with Crippen molar-refractivity contribution >= 4 is 11.9 Å². The third-order valence-corrected chi connectivity index (χ3v) is 3.70. The van der Waals surface area contributed by atoms with Gasteiger partial charge in [0.25, 0.3) is 0 Å². The highest BCUT2D eigenvalue weighted by atomic mass is 16.6. The van der Waals surface area contributed by atoms with E-state index in [0.717, 1.165) is 25.0 Å². The minimum absolute atomic E-state index is 0.473. The number of hydrogen-bond acceptors (Lipinski definition) is 6. The first kappa shape index (κ1) is 19.6. The highest BCUT2D eigenvalue weighted by Crippen LogP contribution is 2.24. The maximum atomic E-state index is 12.0. The van der Waals surface area contributed by atoms with Crippen LogP contribution in [0.15, 0.2) is 57.8 Å². The summed E-state index contributed by atoms with van der Waals surface area (Å²) in [7, 11) is 0. The van der Waals surface area contributed by atoms with Crippen molar-refractivity contribution in [2.75, 3.05) is 0 Å². The van der Waals surface area contributed by atoms with Gasteiger partial charge in [0.15, 0.2) is 12.2 Å². The van der Waals surface area contributed by atoms with Crippen LogP contribution in [0, 0.1) is 0 Å². The fourth-order valence-corrected chi connectivity index (χ4v) is 2.49. The molecule has 0 aliphatic heterocycles. The first-order valence-electron chi connectivity index (χ1n) is 8.80. The van der Waals surface area contributed by atoms with Crippen LogP contribution < -0.4 is 0 Å². The lowest BCUT2D eigenvalue weighted by Gasteiger charge is -2.14. The van der Waals surface area contributed by atoms with Crippen molar-refractivity contribution < 1.29 is 27.9 Å². The van der Waals surface area contributed by atoms with Gasteiger partial charge in [-0.25, -0.2) is 9.59 Å². The highest BCUT2D eigenvalue weighted by molar-refractivity contribution is 5.91. The molecule has 6 nitrogen and oxygen atoms in total. The van der Waals surface area contributed by atoms with Gasteiger partial charge in [0.2, 0.25) is 0 Å². The van der Waals surface area contributed by atoms with Crippen LogP contribution in [0.2, 0.25) is 0 Å². The highest BCUT2D eigenvalue weighted by Gasteiger charge is 2.19. The van der Waals surface area contributed by atoms with Crippen molar-refractivity contribution in [2.45, 2.75) is 51.7 Å². The number of carbonyl (C=O) groups excluding carboxylic acids is 2. The fourth-order valence-electron chi connectivity index (χ4n) is 2.49. The van der Waals surface area contributed by atoms with Crippen LogP contribution in [0.25, 0.3) is 0 Å². The molecule has 0 saturated heterocycles. The second-order valence-corrected chi connectivity index (χ2v) is 5.79. The molecule has 0 aromatic carbocycles. The van der Waals surface area contributed by atoms with Crippen molar-refractivity contribution in [3.63, 3.8) is 0 Å². The van der Waals surface area contributed by atoms with Crippen molar-refractivity contribution in [1.82, 2.24) is 0 Å². The van der Waals surface area contributed by atoms with E-state index in [-0.39, 0.29) is 0 Å². The van der Waals surface area contributed by atoms with Crippen molar-refractivity contribution in [1.29, 1.82) is 0 Å². The summed E-state index contributed by atoms with van der Waals surface area (Å²) in [6.07, 6.45) is 7.17. The Bertz CT molecular complexity index is 624. The molecule has 2 atom stereocenters. The fraction of sp³-hybridized carbons (Fsp3) is 0.400. The normalized spacial score (nSPS) is 13.5. The average Bonchev–Trinajstić information content (AvgIpc) is 3.32. The van der Waals surface area contributed by atoms with Gasteiger partial charge in [-0.2, -0.15) is 0 Å². The minimum atomic E-state index is -0.623. The largest absolute Gasteiger partial charge is 0.465 e. The lowest BCUT2D eigenvalue weighted by atomic mass is 10.1. The predicted octanol–water partition coefficient (Wildman–Crippen LogP) is 4.90. The lowest BCUT2D eigenvalue weighted by molar-refractivity contribution is -0.147. The third kappa shape index (κ3) is 5.95. The van der Waals surface area contributed by atoms with Gasteiger partial charge >= 0.3 is 11.9 Å². The van der Waals surface area contributed by atoms with E-state index < -0.39 is 24.1 Å². The van der Waals surface area contributed by atoms with Crippen LogP contribution in [-0.4, -0.2) is 11.9 Å². The quantitative estimate of drug-likeness (QED) is 0.443. The molecule has 0 radical (unpaired) electrons. The molecule has 0 amide bonds. The van der Waals surface area contributed by atoms with E-state index in [4.69, 9.17) is 18.3 Å². The number of rotatable bonds is 10. The second kappa shape index (κ2) is 10.3. The molecule has 2 heterocycles. The average molecular weight is 360 g/mol. The molecule has 0 aliphatic rings. The molecule has 2 unspecified atom stereocenters. The number of hydrogen-bond donors (Lipinski definition) is 0. The number of esters is 2. The van der Waals surface area contributed by atoms with Gasteiger partial charge in [0.05, 0.1) is 12.5 Å². The summed E-state index contributed by atoms with van der Waals surface area (Å²) in [5.41, 5.74) is 0. The van der Waals surface area contributed by atoms with Gasteiger partial charge in [-0.15, -0.1) is 0 Å². The summed E-state index contributed by atoms with van der Waals surface area (Å²) in [4.78, 5) is 24.0. The maximum Gasteiger partial charge on any atom is 0.331 e. The Labute approximate surface area is 152 Å². The molecular formula is C20H24O6. The van der Waals surface area contributed by atoms with Gasteiger partial charge in [-0.05, 0) is 37.1 Å². The molecule has 0 saturated carbocycles. The summed E-state index contributed by atoms with van der Waals surface area (Å²) in [5, 5.41) is 0.